The SMILES string of the molecule is CN=CC(NC(=O)c1nc(C2CC2)ccc1Nc1cncnc1)=C(N)C(=O)N1CCNC(=O)C1. The lowest BCUT2D eigenvalue weighted by atomic mass is 10.2. The van der Waals surface area contributed by atoms with Crippen LogP contribution in [0.25, 0.3) is 0 Å². The topological polar surface area (TPSA) is 168 Å². The summed E-state index contributed by atoms with van der Waals surface area (Å²) in [6.07, 6.45) is 7.88. The number of aliphatic imine (C=N–C) groups is 1. The van der Waals surface area contributed by atoms with Crippen molar-refractivity contribution in [3.05, 3.63) is 53.6 Å². The maximum Gasteiger partial charge on any atom is 0.276 e. The van der Waals surface area contributed by atoms with E-state index in [0.29, 0.717) is 30.4 Å². The first kappa shape index (κ1) is 22.8. The third kappa shape index (κ3) is 5.34. The molecule has 0 unspecified atom stereocenters. The minimum Gasteiger partial charge on any atom is -0.393 e. The fourth-order valence-corrected chi connectivity index (χ4v) is 3.45. The van der Waals surface area contributed by atoms with Crippen LogP contribution in [-0.4, -0.2) is 70.5 Å². The smallest absolute Gasteiger partial charge is 0.276 e. The van der Waals surface area contributed by atoms with Crippen LogP contribution in [0.2, 0.25) is 0 Å². The van der Waals surface area contributed by atoms with Gasteiger partial charge >= 0.3 is 0 Å². The summed E-state index contributed by atoms with van der Waals surface area (Å²) < 4.78 is 0. The summed E-state index contributed by atoms with van der Waals surface area (Å²) in [5.74, 6) is -1.08. The van der Waals surface area contributed by atoms with Gasteiger partial charge in [0.25, 0.3) is 11.8 Å². The van der Waals surface area contributed by atoms with Gasteiger partial charge in [0.1, 0.15) is 12.0 Å². The highest BCUT2D eigenvalue weighted by atomic mass is 16.2. The number of rotatable bonds is 7. The molecule has 12 heteroatoms. The summed E-state index contributed by atoms with van der Waals surface area (Å²) in [4.78, 5) is 55.6. The van der Waals surface area contributed by atoms with Gasteiger partial charge in [-0.1, -0.05) is 0 Å². The van der Waals surface area contributed by atoms with Gasteiger partial charge in [-0.15, -0.1) is 0 Å². The molecule has 2 aromatic heterocycles. The number of allylic oxidation sites excluding steroid dienone is 1. The van der Waals surface area contributed by atoms with Gasteiger partial charge in [-0.05, 0) is 25.0 Å². The van der Waals surface area contributed by atoms with Crippen LogP contribution in [0, 0.1) is 0 Å². The maximum absolute atomic E-state index is 13.3. The van der Waals surface area contributed by atoms with Gasteiger partial charge in [-0.25, -0.2) is 15.0 Å². The van der Waals surface area contributed by atoms with Crippen molar-refractivity contribution in [2.75, 3.05) is 32.0 Å². The van der Waals surface area contributed by atoms with Crippen LogP contribution in [0.5, 0.6) is 0 Å². The number of nitrogens with one attached hydrogen (secondary N) is 3. The number of nitrogens with two attached hydrogens (primary N) is 1. The van der Waals surface area contributed by atoms with E-state index >= 15 is 0 Å². The Kier molecular flexibility index (Phi) is 6.76. The largest absolute Gasteiger partial charge is 0.393 e. The van der Waals surface area contributed by atoms with Crippen LogP contribution in [-0.2, 0) is 9.59 Å². The first-order valence-electron chi connectivity index (χ1n) is 10.8. The Bertz CT molecular complexity index is 1160. The highest BCUT2D eigenvalue weighted by Gasteiger charge is 2.28. The highest BCUT2D eigenvalue weighted by Crippen LogP contribution is 2.39. The molecular weight excluding hydrogens is 438 g/mol. The summed E-state index contributed by atoms with van der Waals surface area (Å²) in [6, 6.07) is 3.66. The lowest BCUT2D eigenvalue weighted by molar-refractivity contribution is -0.135. The van der Waals surface area contributed by atoms with E-state index in [2.05, 4.69) is 35.9 Å². The summed E-state index contributed by atoms with van der Waals surface area (Å²) in [6.45, 7) is 0.535. The molecule has 12 nitrogen and oxygen atoms in total. The van der Waals surface area contributed by atoms with Crippen LogP contribution in [0.15, 0.2) is 47.2 Å². The fraction of sp³-hybridized carbons (Fsp3) is 0.318. The van der Waals surface area contributed by atoms with Crippen molar-refractivity contribution in [2.45, 2.75) is 18.8 Å². The highest BCUT2D eigenvalue weighted by molar-refractivity contribution is 6.06. The number of carbonyl (C=O) groups is 3. The molecule has 2 aromatic rings. The second kappa shape index (κ2) is 10.1. The molecule has 1 saturated heterocycles. The second-order valence-electron chi connectivity index (χ2n) is 7.90. The Morgan fingerprint density at radius 3 is 2.71 bits per heavy atom. The van der Waals surface area contributed by atoms with E-state index in [-0.39, 0.29) is 29.5 Å². The molecule has 0 spiro atoms. The molecule has 0 atom stereocenters. The maximum atomic E-state index is 13.3. The molecule has 2 aliphatic rings. The normalized spacial score (nSPS) is 16.6. The van der Waals surface area contributed by atoms with Gasteiger partial charge < -0.3 is 26.6 Å². The van der Waals surface area contributed by atoms with Gasteiger partial charge in [0.15, 0.2) is 5.69 Å². The number of amides is 3. The number of aromatic nitrogens is 3. The average Bonchev–Trinajstić information content (AvgIpc) is 3.69. The van der Waals surface area contributed by atoms with Crippen molar-refractivity contribution in [3.8, 4) is 0 Å². The van der Waals surface area contributed by atoms with E-state index in [1.807, 2.05) is 6.07 Å². The molecule has 1 aliphatic carbocycles. The summed E-state index contributed by atoms with van der Waals surface area (Å²) in [5, 5.41) is 8.42. The van der Waals surface area contributed by atoms with E-state index in [4.69, 9.17) is 5.73 Å². The van der Waals surface area contributed by atoms with Crippen LogP contribution < -0.4 is 21.7 Å². The predicted molar refractivity (Wildman–Crippen MR) is 124 cm³/mol. The molecule has 0 bridgehead atoms. The zero-order chi connectivity index (χ0) is 24.1. The Balaban J connectivity index is 1.62. The molecule has 2 fully saturated rings. The number of hydrogen-bond acceptors (Lipinski definition) is 9. The number of piperazine rings is 1. The van der Waals surface area contributed by atoms with Crippen LogP contribution in [0.1, 0.15) is 34.9 Å². The fourth-order valence-electron chi connectivity index (χ4n) is 3.45. The van der Waals surface area contributed by atoms with Crippen molar-refractivity contribution < 1.29 is 14.4 Å². The number of carbonyl (C=O) groups excluding carboxylic acids is 3. The number of nitrogens with zero attached hydrogens (tertiary/aromatic N) is 5. The third-order valence-electron chi connectivity index (χ3n) is 5.32. The lowest BCUT2D eigenvalue weighted by Crippen LogP contribution is -2.51. The summed E-state index contributed by atoms with van der Waals surface area (Å²) in [5.41, 5.74) is 7.88. The Labute approximate surface area is 195 Å². The molecule has 3 heterocycles. The first-order valence-corrected chi connectivity index (χ1v) is 10.8. The van der Waals surface area contributed by atoms with Crippen molar-refractivity contribution in [3.63, 3.8) is 0 Å². The molecule has 4 rings (SSSR count). The van der Waals surface area contributed by atoms with Gasteiger partial charge in [0, 0.05) is 38.0 Å². The molecule has 1 aliphatic heterocycles. The zero-order valence-corrected chi connectivity index (χ0v) is 18.6. The van der Waals surface area contributed by atoms with Crippen LogP contribution >= 0.6 is 0 Å². The van der Waals surface area contributed by atoms with Gasteiger partial charge in [-0.2, -0.15) is 0 Å². The number of anilines is 2. The number of pyridine rings is 1. The zero-order valence-electron chi connectivity index (χ0n) is 18.6. The van der Waals surface area contributed by atoms with Crippen molar-refractivity contribution in [1.29, 1.82) is 0 Å². The molecule has 3 amide bonds. The Morgan fingerprint density at radius 2 is 2.03 bits per heavy atom. The standard InChI is InChI=1S/C22H25N9O3/c1-24-10-17(19(23)22(34)31-7-6-27-18(32)11-31)30-21(33)20-16(28-14-8-25-12-26-9-14)5-4-15(29-20)13-2-3-13/h4-5,8-10,12-13,28H,2-3,6-7,11,23H2,1H3,(H,27,32)(H,30,33). The Hall–Kier alpha value is -4.35. The third-order valence-corrected chi connectivity index (χ3v) is 5.32. The summed E-state index contributed by atoms with van der Waals surface area (Å²) >= 11 is 0. The quantitative estimate of drug-likeness (QED) is 0.330. The van der Waals surface area contributed by atoms with Crippen molar-refractivity contribution >= 4 is 35.3 Å². The molecule has 0 aromatic carbocycles. The predicted octanol–water partition coefficient (Wildman–Crippen LogP) is 0.0517. The van der Waals surface area contributed by atoms with Crippen LogP contribution in [0.4, 0.5) is 11.4 Å². The van der Waals surface area contributed by atoms with Crippen LogP contribution in [0.3, 0.4) is 0 Å². The Morgan fingerprint density at radius 1 is 1.26 bits per heavy atom. The van der Waals surface area contributed by atoms with E-state index < -0.39 is 11.8 Å². The van der Waals surface area contributed by atoms with Crippen molar-refractivity contribution in [2.24, 2.45) is 10.7 Å². The molecular formula is C22H25N9O3. The van der Waals surface area contributed by atoms with Gasteiger partial charge in [-0.3, -0.25) is 19.4 Å². The average molecular weight is 464 g/mol. The summed E-state index contributed by atoms with van der Waals surface area (Å²) in [7, 11) is 1.49. The number of hydrogen-bond donors (Lipinski definition) is 4. The van der Waals surface area contributed by atoms with E-state index in [0.717, 1.165) is 18.5 Å². The molecule has 0 radical (unpaired) electrons. The molecule has 1 saturated carbocycles. The van der Waals surface area contributed by atoms with Crippen molar-refractivity contribution in [1.82, 2.24) is 30.5 Å². The van der Waals surface area contributed by atoms with E-state index in [1.165, 1.54) is 24.5 Å². The second-order valence-corrected chi connectivity index (χ2v) is 7.90. The van der Waals surface area contributed by atoms with Gasteiger partial charge in [0.05, 0.1) is 36.0 Å². The lowest BCUT2D eigenvalue weighted by Gasteiger charge is -2.27. The minimum atomic E-state index is -0.566. The van der Waals surface area contributed by atoms with E-state index in [9.17, 15) is 14.4 Å². The minimum absolute atomic E-state index is 0.0242. The van der Waals surface area contributed by atoms with Gasteiger partial charge in [0.2, 0.25) is 5.91 Å². The molecule has 34 heavy (non-hydrogen) atoms. The molecule has 5 N–H and O–H groups in total. The molecule has 176 valence electrons. The monoisotopic (exact) mass is 463 g/mol. The first-order chi connectivity index (χ1) is 16.5. The van der Waals surface area contributed by atoms with E-state index in [1.54, 1.807) is 18.5 Å².